The number of carbonyl (C=O) groups excluding carboxylic acids is 1. The molecular formula is C18H19FN4O2. The third-order valence-corrected chi connectivity index (χ3v) is 5.22. The van der Waals surface area contributed by atoms with Gasteiger partial charge in [0.15, 0.2) is 0 Å². The Labute approximate surface area is 143 Å². The quantitative estimate of drug-likeness (QED) is 0.885. The predicted molar refractivity (Wildman–Crippen MR) is 90.5 cm³/mol. The fourth-order valence-electron chi connectivity index (χ4n) is 3.77. The molecule has 0 spiro atoms. The molecule has 2 aliphatic rings. The molecule has 1 amide bonds. The molecule has 1 aliphatic carbocycles. The summed E-state index contributed by atoms with van der Waals surface area (Å²) in [7, 11) is 0. The molecular weight excluding hydrogens is 323 g/mol. The van der Waals surface area contributed by atoms with Gasteiger partial charge in [-0.3, -0.25) is 14.6 Å². The zero-order valence-corrected chi connectivity index (χ0v) is 13.7. The van der Waals surface area contributed by atoms with Crippen molar-refractivity contribution in [3.05, 3.63) is 57.8 Å². The van der Waals surface area contributed by atoms with E-state index < -0.39 is 5.41 Å². The van der Waals surface area contributed by atoms with E-state index >= 15 is 0 Å². The van der Waals surface area contributed by atoms with Crippen molar-refractivity contribution in [2.24, 2.45) is 0 Å². The first kappa shape index (κ1) is 15.8. The molecule has 3 N–H and O–H groups in total. The molecule has 2 fully saturated rings. The zero-order chi connectivity index (χ0) is 17.6. The number of aromatic amines is 1. The Morgan fingerprint density at radius 1 is 1.36 bits per heavy atom. The van der Waals surface area contributed by atoms with Crippen LogP contribution in [0.4, 0.5) is 10.3 Å². The first-order chi connectivity index (χ1) is 12.0. The van der Waals surface area contributed by atoms with Gasteiger partial charge in [0, 0.05) is 30.6 Å². The highest BCUT2D eigenvalue weighted by molar-refractivity contribution is 5.91. The molecule has 7 heteroatoms. The van der Waals surface area contributed by atoms with Crippen LogP contribution in [0.3, 0.4) is 0 Å². The molecule has 130 valence electrons. The van der Waals surface area contributed by atoms with Gasteiger partial charge < -0.3 is 10.6 Å². The summed E-state index contributed by atoms with van der Waals surface area (Å²) in [6.07, 6.45) is 2.06. The number of nitrogens with zero attached hydrogens (tertiary/aromatic N) is 2. The minimum atomic E-state index is -0.721. The van der Waals surface area contributed by atoms with Crippen LogP contribution in [0.25, 0.3) is 0 Å². The van der Waals surface area contributed by atoms with Crippen molar-refractivity contribution in [3.63, 3.8) is 0 Å². The highest BCUT2D eigenvalue weighted by Crippen LogP contribution is 2.51. The highest BCUT2D eigenvalue weighted by atomic mass is 19.1. The van der Waals surface area contributed by atoms with Gasteiger partial charge in [-0.1, -0.05) is 18.2 Å². The van der Waals surface area contributed by atoms with E-state index in [1.807, 2.05) is 0 Å². The van der Waals surface area contributed by atoms with E-state index in [4.69, 9.17) is 5.73 Å². The van der Waals surface area contributed by atoms with E-state index in [0.717, 1.165) is 6.42 Å². The highest BCUT2D eigenvalue weighted by Gasteiger charge is 2.55. The topological polar surface area (TPSA) is 92.1 Å². The number of aromatic nitrogens is 2. The number of nitrogens with one attached hydrogen (secondary N) is 1. The summed E-state index contributed by atoms with van der Waals surface area (Å²) in [5, 5.41) is 0. The molecule has 2 heterocycles. The maximum Gasteiger partial charge on any atom is 0.252 e. The predicted octanol–water partition coefficient (Wildman–Crippen LogP) is 1.54. The van der Waals surface area contributed by atoms with Gasteiger partial charge in [-0.25, -0.2) is 9.37 Å². The number of anilines is 1. The van der Waals surface area contributed by atoms with Crippen molar-refractivity contribution < 1.29 is 9.18 Å². The lowest BCUT2D eigenvalue weighted by molar-refractivity contribution is -0.133. The average Bonchev–Trinajstić information content (AvgIpc) is 3.22. The minimum Gasteiger partial charge on any atom is -0.369 e. The second-order valence-electron chi connectivity index (χ2n) is 6.85. The largest absolute Gasteiger partial charge is 0.369 e. The first-order valence-corrected chi connectivity index (χ1v) is 8.41. The Bertz CT molecular complexity index is 891. The second-order valence-corrected chi connectivity index (χ2v) is 6.85. The van der Waals surface area contributed by atoms with Gasteiger partial charge in [0.05, 0.1) is 11.1 Å². The smallest absolute Gasteiger partial charge is 0.252 e. The van der Waals surface area contributed by atoms with E-state index in [1.165, 1.54) is 12.1 Å². The van der Waals surface area contributed by atoms with Crippen molar-refractivity contribution in [3.8, 4) is 0 Å². The van der Waals surface area contributed by atoms with Gasteiger partial charge in [0.2, 0.25) is 11.9 Å². The molecule has 1 atom stereocenters. The van der Waals surface area contributed by atoms with Gasteiger partial charge in [-0.05, 0) is 25.3 Å². The molecule has 4 rings (SSSR count). The summed E-state index contributed by atoms with van der Waals surface area (Å²) in [6.45, 7) is 1.05. The SMILES string of the molecule is Nc1nc(C2CCN(C(=O)C3(c4ccccc4F)CC3)C2)cc(=O)[nH]1. The third kappa shape index (κ3) is 2.69. The van der Waals surface area contributed by atoms with Crippen molar-refractivity contribution in [2.75, 3.05) is 18.8 Å². The number of benzene rings is 1. The van der Waals surface area contributed by atoms with Crippen LogP contribution in [0.5, 0.6) is 0 Å². The maximum atomic E-state index is 14.2. The number of hydrogen-bond donors (Lipinski definition) is 2. The number of rotatable bonds is 3. The normalized spacial score (nSPS) is 21.3. The van der Waals surface area contributed by atoms with Gasteiger partial charge >= 0.3 is 0 Å². The summed E-state index contributed by atoms with van der Waals surface area (Å²) in [5.41, 5.74) is 5.68. The molecule has 1 aromatic heterocycles. The van der Waals surface area contributed by atoms with Gasteiger partial charge in [0.25, 0.3) is 5.56 Å². The number of carbonyl (C=O) groups is 1. The summed E-state index contributed by atoms with van der Waals surface area (Å²) < 4.78 is 14.2. The summed E-state index contributed by atoms with van der Waals surface area (Å²) in [5.74, 6) is -0.298. The van der Waals surface area contributed by atoms with Gasteiger partial charge in [0.1, 0.15) is 5.82 Å². The fourth-order valence-corrected chi connectivity index (χ4v) is 3.77. The van der Waals surface area contributed by atoms with E-state index in [2.05, 4.69) is 9.97 Å². The van der Waals surface area contributed by atoms with Crippen LogP contribution in [0.1, 0.15) is 36.4 Å². The van der Waals surface area contributed by atoms with Crippen molar-refractivity contribution >= 4 is 11.9 Å². The van der Waals surface area contributed by atoms with Crippen molar-refractivity contribution in [1.82, 2.24) is 14.9 Å². The van der Waals surface area contributed by atoms with Crippen LogP contribution < -0.4 is 11.3 Å². The van der Waals surface area contributed by atoms with E-state index in [1.54, 1.807) is 23.1 Å². The number of nitrogens with two attached hydrogens (primary N) is 1. The molecule has 1 aromatic carbocycles. The fraction of sp³-hybridized carbons (Fsp3) is 0.389. The van der Waals surface area contributed by atoms with Crippen LogP contribution in [0, 0.1) is 5.82 Å². The lowest BCUT2D eigenvalue weighted by Crippen LogP contribution is -2.38. The van der Waals surface area contributed by atoms with Crippen LogP contribution in [0.2, 0.25) is 0 Å². The summed E-state index contributed by atoms with van der Waals surface area (Å²) in [6, 6.07) is 7.93. The Hall–Kier alpha value is -2.70. The number of H-pyrrole nitrogens is 1. The molecule has 25 heavy (non-hydrogen) atoms. The van der Waals surface area contributed by atoms with Gasteiger partial charge in [-0.15, -0.1) is 0 Å². The Kier molecular flexibility index (Phi) is 3.59. The van der Waals surface area contributed by atoms with Crippen LogP contribution in [-0.4, -0.2) is 33.9 Å². The second kappa shape index (κ2) is 5.68. The standard InChI is InChI=1S/C18H19FN4O2/c19-13-4-2-1-3-12(13)18(6-7-18)16(25)23-8-5-11(10-23)14-9-15(24)22-17(20)21-14/h1-4,9,11H,5-8,10H2,(H3,20,21,22,24). The van der Waals surface area contributed by atoms with Crippen LogP contribution in [-0.2, 0) is 10.2 Å². The first-order valence-electron chi connectivity index (χ1n) is 8.41. The minimum absolute atomic E-state index is 0.0232. The Balaban J connectivity index is 1.55. The molecule has 0 radical (unpaired) electrons. The number of nitrogen functional groups attached to an aromatic ring is 1. The number of hydrogen-bond acceptors (Lipinski definition) is 4. The molecule has 0 bridgehead atoms. The van der Waals surface area contributed by atoms with E-state index in [-0.39, 0.29) is 29.1 Å². The summed E-state index contributed by atoms with van der Waals surface area (Å²) in [4.78, 5) is 33.0. The molecule has 2 aromatic rings. The Morgan fingerprint density at radius 2 is 2.12 bits per heavy atom. The monoisotopic (exact) mass is 342 g/mol. The molecule has 1 aliphatic heterocycles. The molecule has 1 unspecified atom stereocenters. The van der Waals surface area contributed by atoms with Gasteiger partial charge in [-0.2, -0.15) is 0 Å². The maximum absolute atomic E-state index is 14.2. The lowest BCUT2D eigenvalue weighted by Gasteiger charge is -2.24. The zero-order valence-electron chi connectivity index (χ0n) is 13.7. The molecule has 1 saturated carbocycles. The van der Waals surface area contributed by atoms with E-state index in [0.29, 0.717) is 37.2 Å². The number of likely N-dealkylation sites (tertiary alicyclic amines) is 1. The number of halogens is 1. The third-order valence-electron chi connectivity index (χ3n) is 5.22. The van der Waals surface area contributed by atoms with Crippen LogP contribution in [0.15, 0.2) is 35.1 Å². The lowest BCUT2D eigenvalue weighted by atomic mass is 9.94. The van der Waals surface area contributed by atoms with Crippen LogP contribution >= 0.6 is 0 Å². The Morgan fingerprint density at radius 3 is 2.80 bits per heavy atom. The van der Waals surface area contributed by atoms with E-state index in [9.17, 15) is 14.0 Å². The molecule has 6 nitrogen and oxygen atoms in total. The van der Waals surface area contributed by atoms with Crippen molar-refractivity contribution in [1.29, 1.82) is 0 Å². The average molecular weight is 342 g/mol. The molecule has 1 saturated heterocycles. The number of amides is 1. The van der Waals surface area contributed by atoms with Crippen molar-refractivity contribution in [2.45, 2.75) is 30.6 Å². The summed E-state index contributed by atoms with van der Waals surface area (Å²) >= 11 is 0.